The maximum atomic E-state index is 13.2. The third-order valence-corrected chi connectivity index (χ3v) is 5.74. The van der Waals surface area contributed by atoms with E-state index in [0.29, 0.717) is 15.4 Å². The molecule has 3 aromatic rings. The van der Waals surface area contributed by atoms with E-state index in [2.05, 4.69) is 10.6 Å². The number of benzene rings is 1. The summed E-state index contributed by atoms with van der Waals surface area (Å²) in [5.41, 5.74) is -0.770. The summed E-state index contributed by atoms with van der Waals surface area (Å²) in [6.07, 6.45) is -3.27. The Bertz CT molecular complexity index is 1160. The summed E-state index contributed by atoms with van der Waals surface area (Å²) in [7, 11) is 0. The third-order valence-electron chi connectivity index (χ3n) is 4.60. The molecule has 11 heteroatoms. The van der Waals surface area contributed by atoms with Crippen LogP contribution >= 0.6 is 11.3 Å². The smallest absolute Gasteiger partial charge is 0.418 e. The maximum absolute atomic E-state index is 13.2. The van der Waals surface area contributed by atoms with Crippen LogP contribution in [0.1, 0.15) is 38.3 Å². The minimum absolute atomic E-state index is 0.111. The first-order chi connectivity index (χ1) is 15.6. The lowest BCUT2D eigenvalue weighted by Gasteiger charge is -2.21. The first kappa shape index (κ1) is 24.1. The molecule has 0 saturated heterocycles. The minimum atomic E-state index is -4.63. The van der Waals surface area contributed by atoms with Crippen molar-refractivity contribution in [1.29, 1.82) is 0 Å². The van der Waals surface area contributed by atoms with Crippen LogP contribution in [-0.4, -0.2) is 35.7 Å². The highest BCUT2D eigenvalue weighted by molar-refractivity contribution is 7.18. The molecule has 0 fully saturated rings. The van der Waals surface area contributed by atoms with E-state index in [0.717, 1.165) is 23.5 Å². The molecule has 1 aromatic carbocycles. The van der Waals surface area contributed by atoms with E-state index in [9.17, 15) is 27.6 Å². The highest BCUT2D eigenvalue weighted by atomic mass is 32.1. The number of aryl methyl sites for hydroxylation is 1. The van der Waals surface area contributed by atoms with E-state index in [4.69, 9.17) is 4.42 Å². The van der Waals surface area contributed by atoms with Gasteiger partial charge in [0.1, 0.15) is 6.54 Å². The average Bonchev–Trinajstić information content (AvgIpc) is 3.41. The summed E-state index contributed by atoms with van der Waals surface area (Å²) in [5.74, 6) is -1.60. The maximum Gasteiger partial charge on any atom is 0.418 e. The van der Waals surface area contributed by atoms with Gasteiger partial charge in [0.25, 0.3) is 11.8 Å². The Labute approximate surface area is 191 Å². The highest BCUT2D eigenvalue weighted by Crippen LogP contribution is 2.34. The van der Waals surface area contributed by atoms with Crippen LogP contribution in [0.2, 0.25) is 0 Å². The normalized spacial score (nSPS) is 11.2. The SMILES string of the molecule is CCN(CC(=O)Nc1ccccc1C(F)(F)F)C(=O)c1sc(NC(=O)c2ccco2)cc1C. The van der Waals surface area contributed by atoms with Crippen LogP contribution < -0.4 is 10.6 Å². The van der Waals surface area contributed by atoms with Gasteiger partial charge in [-0.1, -0.05) is 12.1 Å². The van der Waals surface area contributed by atoms with E-state index >= 15 is 0 Å². The molecule has 0 saturated carbocycles. The molecule has 7 nitrogen and oxygen atoms in total. The number of carbonyl (C=O) groups excluding carboxylic acids is 3. The Morgan fingerprint density at radius 1 is 1.09 bits per heavy atom. The molecule has 33 heavy (non-hydrogen) atoms. The third kappa shape index (κ3) is 5.80. The van der Waals surface area contributed by atoms with Crippen LogP contribution in [0.4, 0.5) is 23.9 Å². The first-order valence-corrected chi connectivity index (χ1v) is 10.6. The number of amides is 3. The van der Waals surface area contributed by atoms with Gasteiger partial charge in [-0.2, -0.15) is 13.2 Å². The van der Waals surface area contributed by atoms with Crippen molar-refractivity contribution in [3.05, 3.63) is 70.5 Å². The molecule has 3 rings (SSSR count). The summed E-state index contributed by atoms with van der Waals surface area (Å²) in [4.78, 5) is 39.1. The summed E-state index contributed by atoms with van der Waals surface area (Å²) >= 11 is 1.03. The van der Waals surface area contributed by atoms with Gasteiger partial charge in [-0.05, 0) is 49.7 Å². The number of likely N-dealkylation sites (N-methyl/N-ethyl adjacent to an activating group) is 1. The summed E-state index contributed by atoms with van der Waals surface area (Å²) in [5, 5.41) is 5.29. The number of hydrogen-bond acceptors (Lipinski definition) is 5. The van der Waals surface area contributed by atoms with Crippen LogP contribution in [0.3, 0.4) is 0 Å². The Balaban J connectivity index is 1.70. The monoisotopic (exact) mass is 479 g/mol. The fourth-order valence-corrected chi connectivity index (χ4v) is 4.05. The number of thiophene rings is 1. The summed E-state index contributed by atoms with van der Waals surface area (Å²) < 4.78 is 44.5. The minimum Gasteiger partial charge on any atom is -0.459 e. The lowest BCUT2D eigenvalue weighted by molar-refractivity contribution is -0.137. The average molecular weight is 479 g/mol. The van der Waals surface area contributed by atoms with Gasteiger partial charge >= 0.3 is 6.18 Å². The Hall–Kier alpha value is -3.60. The predicted octanol–water partition coefficient (Wildman–Crippen LogP) is 5.02. The molecule has 0 aliphatic heterocycles. The Morgan fingerprint density at radius 2 is 1.82 bits per heavy atom. The number of halogens is 3. The fourth-order valence-electron chi connectivity index (χ4n) is 3.01. The molecule has 2 aromatic heterocycles. The number of alkyl halides is 3. The zero-order chi connectivity index (χ0) is 24.2. The second-order valence-electron chi connectivity index (χ2n) is 6.97. The number of furan rings is 1. The van der Waals surface area contributed by atoms with Crippen molar-refractivity contribution >= 4 is 39.7 Å². The zero-order valence-electron chi connectivity index (χ0n) is 17.7. The van der Waals surface area contributed by atoms with Crippen LogP contribution in [0.25, 0.3) is 0 Å². The van der Waals surface area contributed by atoms with Crippen LogP contribution in [0, 0.1) is 6.92 Å². The van der Waals surface area contributed by atoms with Crippen molar-refractivity contribution in [2.45, 2.75) is 20.0 Å². The van der Waals surface area contributed by atoms with Crippen molar-refractivity contribution in [1.82, 2.24) is 4.90 Å². The molecule has 2 N–H and O–H groups in total. The van der Waals surface area contributed by atoms with Crippen LogP contribution in [0.5, 0.6) is 0 Å². The van der Waals surface area contributed by atoms with Crippen molar-refractivity contribution in [3.63, 3.8) is 0 Å². The molecule has 174 valence electrons. The number of anilines is 2. The molecule has 0 radical (unpaired) electrons. The molecule has 0 unspecified atom stereocenters. The van der Waals surface area contributed by atoms with E-state index < -0.39 is 36.0 Å². The van der Waals surface area contributed by atoms with Crippen LogP contribution in [-0.2, 0) is 11.0 Å². The van der Waals surface area contributed by atoms with Crippen LogP contribution in [0.15, 0.2) is 53.1 Å². The number of nitrogens with zero attached hydrogens (tertiary/aromatic N) is 1. The number of para-hydroxylation sites is 1. The van der Waals surface area contributed by atoms with E-state index in [1.807, 2.05) is 0 Å². The van der Waals surface area contributed by atoms with E-state index in [1.54, 1.807) is 26.0 Å². The largest absolute Gasteiger partial charge is 0.459 e. The summed E-state index contributed by atoms with van der Waals surface area (Å²) in [6, 6.07) is 9.30. The molecular formula is C22H20F3N3O4S. The molecule has 2 heterocycles. The second kappa shape index (κ2) is 9.90. The Morgan fingerprint density at radius 3 is 2.45 bits per heavy atom. The molecule has 0 atom stereocenters. The van der Waals surface area contributed by atoms with E-state index in [1.165, 1.54) is 29.4 Å². The molecule has 0 aliphatic rings. The predicted molar refractivity (Wildman–Crippen MR) is 117 cm³/mol. The van der Waals surface area contributed by atoms with Crippen molar-refractivity contribution < 1.29 is 32.0 Å². The quantitative estimate of drug-likeness (QED) is 0.498. The lowest BCUT2D eigenvalue weighted by atomic mass is 10.1. The standard InChI is InChI=1S/C22H20F3N3O4S/c1-3-28(12-17(29)26-15-8-5-4-7-14(15)22(23,24)25)21(31)19-13(2)11-18(33-19)27-20(30)16-9-6-10-32-16/h4-11H,3,12H2,1-2H3,(H,26,29)(H,27,30). The van der Waals surface area contributed by atoms with E-state index in [-0.39, 0.29) is 18.0 Å². The van der Waals surface area contributed by atoms with Crippen molar-refractivity contribution in [2.75, 3.05) is 23.7 Å². The summed E-state index contributed by atoms with van der Waals surface area (Å²) in [6.45, 7) is 3.04. The molecule has 0 bridgehead atoms. The number of rotatable bonds is 7. The van der Waals surface area contributed by atoms with Crippen molar-refractivity contribution in [3.8, 4) is 0 Å². The Kier molecular flexibility index (Phi) is 7.22. The van der Waals surface area contributed by atoms with Gasteiger partial charge in [0.05, 0.1) is 27.4 Å². The van der Waals surface area contributed by atoms with Gasteiger partial charge in [0.2, 0.25) is 5.91 Å². The van der Waals surface area contributed by atoms with Gasteiger partial charge in [-0.3, -0.25) is 14.4 Å². The van der Waals surface area contributed by atoms with Gasteiger partial charge < -0.3 is 20.0 Å². The second-order valence-corrected chi connectivity index (χ2v) is 8.02. The van der Waals surface area contributed by atoms with Gasteiger partial charge in [0.15, 0.2) is 5.76 Å². The molecular weight excluding hydrogens is 459 g/mol. The molecule has 0 spiro atoms. The molecule has 0 aliphatic carbocycles. The molecule has 3 amide bonds. The first-order valence-electron chi connectivity index (χ1n) is 9.80. The van der Waals surface area contributed by atoms with Gasteiger partial charge in [-0.15, -0.1) is 11.3 Å². The number of hydrogen-bond donors (Lipinski definition) is 2. The van der Waals surface area contributed by atoms with Gasteiger partial charge in [-0.25, -0.2) is 0 Å². The highest BCUT2D eigenvalue weighted by Gasteiger charge is 2.33. The topological polar surface area (TPSA) is 91.7 Å². The zero-order valence-corrected chi connectivity index (χ0v) is 18.5. The van der Waals surface area contributed by atoms with Gasteiger partial charge in [0, 0.05) is 6.54 Å². The number of nitrogens with one attached hydrogen (secondary N) is 2. The lowest BCUT2D eigenvalue weighted by Crippen LogP contribution is -2.38. The number of carbonyl (C=O) groups is 3. The van der Waals surface area contributed by atoms with Crippen molar-refractivity contribution in [2.24, 2.45) is 0 Å². The fraction of sp³-hybridized carbons (Fsp3) is 0.227.